The molecule has 4 atom stereocenters. The number of piperazine rings is 1. The molecular formula is C57H51ClF3N9O7S. The number of nitrogens with zero attached hydrogens (tertiary/aromatic N) is 8. The molecule has 6 aliphatic rings. The van der Waals surface area contributed by atoms with Gasteiger partial charge in [0.1, 0.15) is 60.0 Å². The molecule has 3 fully saturated rings. The van der Waals surface area contributed by atoms with E-state index in [1.807, 2.05) is 30.0 Å². The van der Waals surface area contributed by atoms with Gasteiger partial charge in [0.25, 0.3) is 11.5 Å². The van der Waals surface area contributed by atoms with E-state index in [1.54, 1.807) is 28.5 Å². The zero-order chi connectivity index (χ0) is 54.3. The lowest BCUT2D eigenvalue weighted by Crippen LogP contribution is -2.54. The van der Waals surface area contributed by atoms with Gasteiger partial charge in [-0.05, 0) is 93.5 Å². The highest BCUT2D eigenvalue weighted by Gasteiger charge is 2.50. The summed E-state index contributed by atoms with van der Waals surface area (Å²) < 4.78 is 67.3. The maximum absolute atomic E-state index is 17.5. The Morgan fingerprint density at radius 1 is 1.04 bits per heavy atom. The molecule has 1 amide bonds. The highest BCUT2D eigenvalue weighted by atomic mass is 35.5. The fraction of sp³-hybridized carbons (Fsp3) is 0.386. The summed E-state index contributed by atoms with van der Waals surface area (Å²) in [7, 11) is 0. The Morgan fingerprint density at radius 3 is 2.65 bits per heavy atom. The number of aromatic nitrogens is 4. The predicted molar refractivity (Wildman–Crippen MR) is 288 cm³/mol. The van der Waals surface area contributed by atoms with Crippen molar-refractivity contribution in [2.45, 2.75) is 95.3 Å². The van der Waals surface area contributed by atoms with Gasteiger partial charge < -0.3 is 39.4 Å². The average molecular weight is 1100 g/mol. The number of thiophene rings is 1. The lowest BCUT2D eigenvalue weighted by molar-refractivity contribution is -0.172. The number of fused-ring (bicyclic) bond motifs is 8. The maximum Gasteiger partial charge on any atom is 0.343 e. The number of anilines is 2. The Balaban J connectivity index is 0.768. The number of alkyl halides is 1. The van der Waals surface area contributed by atoms with Crippen molar-refractivity contribution >= 4 is 77.5 Å². The molecule has 16 nitrogen and oxygen atoms in total. The number of aliphatic hydroxyl groups is 1. The van der Waals surface area contributed by atoms with Crippen LogP contribution in [0.1, 0.15) is 79.3 Å². The number of carbonyl (C=O) groups excluding carboxylic acids is 2. The SMILES string of the molecule is C=C(COc1ccc2nc3c(c4c2c1CCC4)Cn1c-3cc2c(c1=O)COC(=O)[C@]2(O)CC)C(=O)N1CCN(c2nc(OC[C@@]34CCCN3C[C@H](F)C4)nc3c(F)c(-c4ccc(F)c5sc(N)c(C#N)c45)c(Cl)cc23)[C@@H](C)C1. The first-order valence-electron chi connectivity index (χ1n) is 26.2. The Bertz CT molecular complexity index is 3940. The first kappa shape index (κ1) is 50.2. The van der Waals surface area contributed by atoms with Gasteiger partial charge in [0, 0.05) is 82.6 Å². The van der Waals surface area contributed by atoms with Crippen molar-refractivity contribution in [1.82, 2.24) is 29.3 Å². The van der Waals surface area contributed by atoms with Crippen LogP contribution in [0.3, 0.4) is 0 Å². The molecule has 0 bridgehead atoms. The Morgan fingerprint density at radius 2 is 1.86 bits per heavy atom. The van der Waals surface area contributed by atoms with E-state index < -0.39 is 41.0 Å². The molecule has 0 saturated carbocycles. The van der Waals surface area contributed by atoms with E-state index in [9.17, 15) is 29.1 Å². The number of nitrogens with two attached hydrogens (primary N) is 1. The molecule has 1 aliphatic carbocycles. The van der Waals surface area contributed by atoms with Crippen LogP contribution >= 0.6 is 22.9 Å². The van der Waals surface area contributed by atoms with Gasteiger partial charge in [-0.3, -0.25) is 14.5 Å². The van der Waals surface area contributed by atoms with Crippen LogP contribution in [-0.2, 0) is 45.9 Å². The van der Waals surface area contributed by atoms with Crippen molar-refractivity contribution in [2.24, 2.45) is 0 Å². The second-order valence-electron chi connectivity index (χ2n) is 21.4. The molecular weight excluding hydrogens is 1050 g/mol. The molecule has 0 radical (unpaired) electrons. The Hall–Kier alpha value is -7.31. The number of aryl methyl sites for hydroxylation is 2. The molecule has 7 aromatic rings. The molecule has 13 rings (SSSR count). The van der Waals surface area contributed by atoms with E-state index in [1.165, 1.54) is 12.1 Å². The number of pyridine rings is 2. The summed E-state index contributed by atoms with van der Waals surface area (Å²) in [5.41, 5.74) is 8.79. The first-order chi connectivity index (χ1) is 37.5. The van der Waals surface area contributed by atoms with Crippen LogP contribution in [0.2, 0.25) is 5.02 Å². The number of halogens is 4. The Kier molecular flexibility index (Phi) is 11.8. The lowest BCUT2D eigenvalue weighted by Gasteiger charge is -2.41. The van der Waals surface area contributed by atoms with Gasteiger partial charge in [0.2, 0.25) is 0 Å². The van der Waals surface area contributed by atoms with Gasteiger partial charge >= 0.3 is 12.0 Å². The lowest BCUT2D eigenvalue weighted by atomic mass is 9.85. The van der Waals surface area contributed by atoms with Crippen molar-refractivity contribution < 1.29 is 42.1 Å². The first-order valence-corrected chi connectivity index (χ1v) is 27.4. The van der Waals surface area contributed by atoms with Crippen LogP contribution < -0.4 is 25.7 Å². The van der Waals surface area contributed by atoms with E-state index in [0.29, 0.717) is 41.4 Å². The summed E-state index contributed by atoms with van der Waals surface area (Å²) in [5.74, 6) is -1.66. The number of rotatable bonds is 10. The van der Waals surface area contributed by atoms with Crippen LogP contribution in [-0.4, -0.2) is 110 Å². The smallest absolute Gasteiger partial charge is 0.343 e. The van der Waals surface area contributed by atoms with E-state index in [4.69, 9.17) is 41.5 Å². The second kappa shape index (κ2) is 18.4. The molecule has 3 N–H and O–H groups in total. The van der Waals surface area contributed by atoms with Crippen LogP contribution in [0.25, 0.3) is 54.4 Å². The number of esters is 1. The van der Waals surface area contributed by atoms with Crippen LogP contribution in [0, 0.1) is 23.0 Å². The third-order valence-electron chi connectivity index (χ3n) is 17.1. The molecule has 0 spiro atoms. The monoisotopic (exact) mass is 1100 g/mol. The molecule has 3 saturated heterocycles. The highest BCUT2D eigenvalue weighted by molar-refractivity contribution is 7.23. The fourth-order valence-corrected chi connectivity index (χ4v) is 14.4. The molecule has 78 heavy (non-hydrogen) atoms. The van der Waals surface area contributed by atoms with Crippen molar-refractivity contribution in [1.29, 1.82) is 5.26 Å². The fourth-order valence-electron chi connectivity index (χ4n) is 13.2. The number of carbonyl (C=O) groups is 2. The summed E-state index contributed by atoms with van der Waals surface area (Å²) in [4.78, 5) is 61.2. The number of amides is 1. The standard InChI is InChI=1S/C57H51ClF3N9O7S/c1-4-57(74)37-18-41-47-35(23-70(41)53(72)36(37)25-76-54(57)73)30-7-5-8-31-42(12-11-40(64-47)43(30)31)75-24-27(2)52(71)67-15-16-69(28(3)21-67)51-33-17-38(58)45(32-9-10-39(60)49-44(32)34(20-62)50(63)78-49)46(61)48(33)65-55(66-51)77-26-56-13-6-14-68(56)22-29(59)19-56/h9-12,17-18,28-29,74H,2,4-8,13-16,19,21-26,63H2,1,3H3/t28-,29+,56-,57-/m0/s1. The molecule has 9 heterocycles. The summed E-state index contributed by atoms with van der Waals surface area (Å²) in [6.07, 6.45) is 3.17. The minimum atomic E-state index is -1.93. The highest BCUT2D eigenvalue weighted by Crippen LogP contribution is 2.48. The zero-order valence-electron chi connectivity index (χ0n) is 42.6. The molecule has 21 heteroatoms. The minimum Gasteiger partial charge on any atom is -0.488 e. The summed E-state index contributed by atoms with van der Waals surface area (Å²) in [5, 5.41) is 22.8. The number of hydrogen-bond donors (Lipinski definition) is 2. The van der Waals surface area contributed by atoms with Crippen LogP contribution in [0.5, 0.6) is 11.8 Å². The van der Waals surface area contributed by atoms with Crippen molar-refractivity contribution in [3.05, 3.63) is 109 Å². The normalized spacial score (nSPS) is 22.4. The van der Waals surface area contributed by atoms with Crippen LogP contribution in [0.4, 0.5) is 24.0 Å². The minimum absolute atomic E-state index is 0.00121. The van der Waals surface area contributed by atoms with E-state index in [-0.39, 0.29) is 141 Å². The molecule has 5 aliphatic heterocycles. The average Bonchev–Trinajstić information content (AvgIpc) is 4.20. The largest absolute Gasteiger partial charge is 0.488 e. The maximum atomic E-state index is 17.5. The second-order valence-corrected chi connectivity index (χ2v) is 22.8. The third-order valence-corrected chi connectivity index (χ3v) is 18.4. The molecule has 4 aromatic heterocycles. The van der Waals surface area contributed by atoms with Gasteiger partial charge in [-0.1, -0.05) is 31.2 Å². The van der Waals surface area contributed by atoms with Gasteiger partial charge in [0.15, 0.2) is 11.4 Å². The summed E-state index contributed by atoms with van der Waals surface area (Å²) >= 11 is 7.89. The topological polar surface area (TPSA) is 202 Å². The van der Waals surface area contributed by atoms with Crippen LogP contribution in [0.15, 0.2) is 53.3 Å². The molecule has 0 unspecified atom stereocenters. The van der Waals surface area contributed by atoms with Gasteiger partial charge in [-0.2, -0.15) is 15.2 Å². The van der Waals surface area contributed by atoms with Gasteiger partial charge in [-0.15, -0.1) is 11.3 Å². The number of benzene rings is 3. The van der Waals surface area contributed by atoms with Gasteiger partial charge in [-0.25, -0.2) is 22.9 Å². The third kappa shape index (κ3) is 7.51. The number of hydrogen-bond acceptors (Lipinski definition) is 15. The van der Waals surface area contributed by atoms with Crippen molar-refractivity contribution in [2.75, 3.05) is 56.6 Å². The quantitative estimate of drug-likeness (QED) is 0.0976. The Labute approximate surface area is 453 Å². The van der Waals surface area contributed by atoms with E-state index >= 15 is 8.78 Å². The van der Waals surface area contributed by atoms with Crippen molar-refractivity contribution in [3.8, 4) is 40.3 Å². The van der Waals surface area contributed by atoms with E-state index in [0.717, 1.165) is 65.6 Å². The number of ether oxygens (including phenoxy) is 3. The van der Waals surface area contributed by atoms with E-state index in [2.05, 4.69) is 16.5 Å². The number of nitrogen functional groups attached to an aromatic ring is 1. The number of nitriles is 1. The summed E-state index contributed by atoms with van der Waals surface area (Å²) in [6, 6.07) is 11.0. The predicted octanol–water partition coefficient (Wildman–Crippen LogP) is 8.41. The van der Waals surface area contributed by atoms with Crippen molar-refractivity contribution in [3.63, 3.8) is 0 Å². The summed E-state index contributed by atoms with van der Waals surface area (Å²) in [6.45, 7) is 9.55. The zero-order valence-corrected chi connectivity index (χ0v) is 44.2. The molecule has 3 aromatic carbocycles. The molecule has 400 valence electrons. The van der Waals surface area contributed by atoms with Gasteiger partial charge in [0.05, 0.1) is 49.8 Å². The number of cyclic esters (lactones) is 1.